The number of aromatic nitrogens is 4. The van der Waals surface area contributed by atoms with Crippen molar-refractivity contribution in [3.05, 3.63) is 64.8 Å². The van der Waals surface area contributed by atoms with Crippen molar-refractivity contribution in [2.45, 2.75) is 6.04 Å². The van der Waals surface area contributed by atoms with Crippen LogP contribution in [-0.4, -0.2) is 46.3 Å². The van der Waals surface area contributed by atoms with Crippen LogP contribution in [0.5, 0.6) is 5.75 Å². The lowest BCUT2D eigenvalue weighted by atomic mass is 10.0. The molecule has 1 aliphatic rings. The zero-order valence-corrected chi connectivity index (χ0v) is 15.9. The van der Waals surface area contributed by atoms with Gasteiger partial charge in [0.15, 0.2) is 0 Å². The highest BCUT2D eigenvalue weighted by Crippen LogP contribution is 2.28. The normalized spacial score (nSPS) is 16.8. The first-order valence-corrected chi connectivity index (χ1v) is 9.13. The van der Waals surface area contributed by atoms with Crippen LogP contribution in [0.3, 0.4) is 0 Å². The molecule has 0 radical (unpaired) electrons. The van der Waals surface area contributed by atoms with Crippen LogP contribution < -0.4 is 20.5 Å². The van der Waals surface area contributed by atoms with Crippen molar-refractivity contribution in [2.24, 2.45) is 7.05 Å². The molecule has 1 N–H and O–H groups in total. The van der Waals surface area contributed by atoms with Crippen molar-refractivity contribution in [2.75, 3.05) is 31.6 Å². The minimum Gasteiger partial charge on any atom is -0.496 e. The molecular formula is C20H22N6O2. The third kappa shape index (κ3) is 3.46. The van der Waals surface area contributed by atoms with E-state index in [0.717, 1.165) is 24.4 Å². The molecule has 3 heterocycles. The fourth-order valence-electron chi connectivity index (χ4n) is 3.48. The number of piperazine rings is 1. The molecule has 8 heteroatoms. The van der Waals surface area contributed by atoms with E-state index < -0.39 is 0 Å². The van der Waals surface area contributed by atoms with Gasteiger partial charge in [-0.05, 0) is 12.1 Å². The van der Waals surface area contributed by atoms with Crippen LogP contribution >= 0.6 is 0 Å². The molecule has 1 unspecified atom stereocenters. The Balaban J connectivity index is 1.69. The van der Waals surface area contributed by atoms with E-state index in [4.69, 9.17) is 9.72 Å². The average molecular weight is 378 g/mol. The number of anilines is 1. The number of hydrogen-bond acceptors (Lipinski definition) is 7. The maximum absolute atomic E-state index is 12.5. The predicted molar refractivity (Wildman–Crippen MR) is 106 cm³/mol. The van der Waals surface area contributed by atoms with Crippen molar-refractivity contribution in [3.63, 3.8) is 0 Å². The van der Waals surface area contributed by atoms with Gasteiger partial charge in [0.05, 0.1) is 24.5 Å². The Morgan fingerprint density at radius 3 is 2.86 bits per heavy atom. The smallest absolute Gasteiger partial charge is 0.255 e. The summed E-state index contributed by atoms with van der Waals surface area (Å²) in [6, 6.07) is 11.3. The second kappa shape index (κ2) is 7.77. The van der Waals surface area contributed by atoms with Gasteiger partial charge < -0.3 is 15.0 Å². The topological polar surface area (TPSA) is 85.2 Å². The summed E-state index contributed by atoms with van der Waals surface area (Å²) in [5.74, 6) is 1.47. The predicted octanol–water partition coefficient (Wildman–Crippen LogP) is 1.40. The summed E-state index contributed by atoms with van der Waals surface area (Å²) < 4.78 is 7.09. The molecule has 0 bridgehead atoms. The third-order valence-electron chi connectivity index (χ3n) is 4.93. The Morgan fingerprint density at radius 1 is 1.21 bits per heavy atom. The Kier molecular flexibility index (Phi) is 5.03. The number of nitrogens with zero attached hydrogens (tertiary/aromatic N) is 5. The number of rotatable bonds is 4. The second-order valence-electron chi connectivity index (χ2n) is 6.63. The van der Waals surface area contributed by atoms with E-state index in [1.165, 1.54) is 12.4 Å². The van der Waals surface area contributed by atoms with Gasteiger partial charge in [-0.3, -0.25) is 9.36 Å². The zero-order chi connectivity index (χ0) is 19.5. The van der Waals surface area contributed by atoms with Crippen molar-refractivity contribution < 1.29 is 4.74 Å². The summed E-state index contributed by atoms with van der Waals surface area (Å²) in [4.78, 5) is 27.6. The molecule has 2 aromatic heterocycles. The number of ether oxygens (including phenoxy) is 1. The lowest BCUT2D eigenvalue weighted by Crippen LogP contribution is -2.47. The maximum Gasteiger partial charge on any atom is 0.255 e. The summed E-state index contributed by atoms with van der Waals surface area (Å²) in [5.41, 5.74) is 2.15. The van der Waals surface area contributed by atoms with E-state index in [0.29, 0.717) is 23.9 Å². The van der Waals surface area contributed by atoms with Crippen LogP contribution in [0.4, 0.5) is 5.95 Å². The van der Waals surface area contributed by atoms with Gasteiger partial charge in [-0.2, -0.15) is 0 Å². The molecule has 8 nitrogen and oxygen atoms in total. The van der Waals surface area contributed by atoms with Gasteiger partial charge in [0, 0.05) is 44.5 Å². The fraction of sp³-hybridized carbons (Fsp3) is 0.300. The molecule has 0 saturated carbocycles. The number of para-hydroxylation sites is 1. The molecule has 144 valence electrons. The minimum absolute atomic E-state index is 0.0736. The molecule has 4 rings (SSSR count). The first-order chi connectivity index (χ1) is 13.7. The van der Waals surface area contributed by atoms with Crippen LogP contribution in [0, 0.1) is 0 Å². The first kappa shape index (κ1) is 18.1. The van der Waals surface area contributed by atoms with Crippen LogP contribution in [-0.2, 0) is 7.05 Å². The van der Waals surface area contributed by atoms with Gasteiger partial charge in [-0.15, -0.1) is 0 Å². The van der Waals surface area contributed by atoms with Crippen molar-refractivity contribution in [1.29, 1.82) is 0 Å². The summed E-state index contributed by atoms with van der Waals surface area (Å²) in [7, 11) is 3.42. The molecule has 0 amide bonds. The lowest BCUT2D eigenvalue weighted by Gasteiger charge is -2.35. The summed E-state index contributed by atoms with van der Waals surface area (Å²) in [5, 5.41) is 3.53. The maximum atomic E-state index is 12.5. The van der Waals surface area contributed by atoms with Gasteiger partial charge in [-0.1, -0.05) is 18.2 Å². The van der Waals surface area contributed by atoms with E-state index >= 15 is 0 Å². The molecule has 1 aliphatic heterocycles. The van der Waals surface area contributed by atoms with Gasteiger partial charge in [0.2, 0.25) is 5.95 Å². The average Bonchev–Trinajstić information content (AvgIpc) is 2.76. The van der Waals surface area contributed by atoms with Crippen LogP contribution in [0.1, 0.15) is 11.6 Å². The molecule has 1 aromatic carbocycles. The first-order valence-electron chi connectivity index (χ1n) is 9.13. The highest BCUT2D eigenvalue weighted by molar-refractivity contribution is 5.55. The molecular weight excluding hydrogens is 356 g/mol. The van der Waals surface area contributed by atoms with Gasteiger partial charge >= 0.3 is 0 Å². The van der Waals surface area contributed by atoms with Crippen LogP contribution in [0.25, 0.3) is 11.4 Å². The van der Waals surface area contributed by atoms with Crippen molar-refractivity contribution >= 4 is 5.95 Å². The monoisotopic (exact) mass is 378 g/mol. The number of methoxy groups -OCH3 is 1. The zero-order valence-electron chi connectivity index (χ0n) is 15.9. The van der Waals surface area contributed by atoms with Crippen LogP contribution in [0.15, 0.2) is 53.7 Å². The van der Waals surface area contributed by atoms with Gasteiger partial charge in [0.1, 0.15) is 12.1 Å². The summed E-state index contributed by atoms with van der Waals surface area (Å²) in [6.45, 7) is 2.20. The lowest BCUT2D eigenvalue weighted by molar-refractivity contribution is 0.390. The second-order valence-corrected chi connectivity index (χ2v) is 6.63. The molecule has 0 spiro atoms. The molecule has 3 aromatic rings. The number of nitrogens with one attached hydrogen (secondary N) is 1. The molecule has 1 saturated heterocycles. The highest BCUT2D eigenvalue weighted by atomic mass is 16.5. The fourth-order valence-corrected chi connectivity index (χ4v) is 3.48. The van der Waals surface area contributed by atoms with E-state index in [9.17, 15) is 4.79 Å². The van der Waals surface area contributed by atoms with E-state index in [2.05, 4.69) is 26.3 Å². The van der Waals surface area contributed by atoms with Crippen LogP contribution in [0.2, 0.25) is 0 Å². The Labute approximate surface area is 162 Å². The highest BCUT2D eigenvalue weighted by Gasteiger charge is 2.26. The molecule has 1 atom stereocenters. The minimum atomic E-state index is -0.119. The standard InChI is InChI=1S/C20H22N6O2/c1-25-19(27)11-16(15-7-8-21-13-23-15)24-20(25)26-10-9-22-17(12-26)14-5-3-4-6-18(14)28-2/h3-8,11,13,17,22H,9-10,12H2,1-2H3. The third-order valence-corrected chi connectivity index (χ3v) is 4.93. The summed E-state index contributed by atoms with van der Waals surface area (Å²) in [6.07, 6.45) is 3.10. The summed E-state index contributed by atoms with van der Waals surface area (Å²) >= 11 is 0. The van der Waals surface area contributed by atoms with Gasteiger partial charge in [0.25, 0.3) is 5.56 Å². The number of hydrogen-bond donors (Lipinski definition) is 1. The van der Waals surface area contributed by atoms with Gasteiger partial charge in [-0.25, -0.2) is 15.0 Å². The molecule has 28 heavy (non-hydrogen) atoms. The molecule has 1 fully saturated rings. The van der Waals surface area contributed by atoms with E-state index in [-0.39, 0.29) is 11.6 Å². The largest absolute Gasteiger partial charge is 0.496 e. The van der Waals surface area contributed by atoms with E-state index in [1.54, 1.807) is 31.0 Å². The number of benzene rings is 1. The van der Waals surface area contributed by atoms with E-state index in [1.807, 2.05) is 18.2 Å². The molecule has 0 aliphatic carbocycles. The SMILES string of the molecule is COc1ccccc1C1CN(c2nc(-c3ccncn3)cc(=O)n2C)CCN1. The Bertz CT molecular complexity index is 1020. The van der Waals surface area contributed by atoms with Crippen molar-refractivity contribution in [1.82, 2.24) is 24.8 Å². The van der Waals surface area contributed by atoms with Crippen molar-refractivity contribution in [3.8, 4) is 17.1 Å². The Hall–Kier alpha value is -3.26. The Morgan fingerprint density at radius 2 is 2.07 bits per heavy atom. The quantitative estimate of drug-likeness (QED) is 0.734.